The van der Waals surface area contributed by atoms with Gasteiger partial charge in [-0.1, -0.05) is 6.92 Å². The molecule has 1 atom stereocenters. The average Bonchev–Trinajstić information content (AvgIpc) is 2.21. The van der Waals surface area contributed by atoms with Crippen molar-refractivity contribution in [2.75, 3.05) is 26.7 Å². The molecule has 1 fully saturated rings. The summed E-state index contributed by atoms with van der Waals surface area (Å²) in [6.07, 6.45) is 2.49. The number of nitrogens with two attached hydrogens (primary N) is 1. The maximum atomic E-state index is 11.5. The zero-order valence-corrected chi connectivity index (χ0v) is 9.74. The number of carbonyl (C=O) groups is 1. The molecule has 1 heterocycles. The van der Waals surface area contributed by atoms with Crippen LogP contribution in [0.2, 0.25) is 0 Å². The summed E-state index contributed by atoms with van der Waals surface area (Å²) in [6.45, 7) is 4.55. The third kappa shape index (κ3) is 4.62. The van der Waals surface area contributed by atoms with E-state index in [0.29, 0.717) is 13.0 Å². The minimum absolute atomic E-state index is 0.0949. The lowest BCUT2D eigenvalue weighted by atomic mass is 10.1. The molecule has 0 aromatic carbocycles. The smallest absolute Gasteiger partial charge is 0.306 e. The first-order valence-electron chi connectivity index (χ1n) is 5.70. The van der Waals surface area contributed by atoms with Crippen LogP contribution in [0.15, 0.2) is 0 Å². The maximum absolute atomic E-state index is 11.5. The summed E-state index contributed by atoms with van der Waals surface area (Å²) in [5.74, 6) is 0.131. The molecular weight excluding hydrogens is 192 g/mol. The fourth-order valence-corrected chi connectivity index (χ4v) is 1.70. The quantitative estimate of drug-likeness (QED) is 0.697. The molecule has 4 heteroatoms. The number of hydrogen-bond donors (Lipinski definition) is 1. The van der Waals surface area contributed by atoms with Crippen molar-refractivity contribution in [3.05, 3.63) is 0 Å². The Bertz CT molecular complexity index is 201. The molecule has 0 amide bonds. The molecular formula is C11H22N2O2. The van der Waals surface area contributed by atoms with E-state index in [4.69, 9.17) is 10.5 Å². The summed E-state index contributed by atoms with van der Waals surface area (Å²) in [6, 6.07) is 0. The van der Waals surface area contributed by atoms with E-state index in [9.17, 15) is 4.79 Å². The van der Waals surface area contributed by atoms with Crippen molar-refractivity contribution in [3.63, 3.8) is 0 Å². The van der Waals surface area contributed by atoms with Crippen LogP contribution >= 0.6 is 0 Å². The Morgan fingerprint density at radius 1 is 1.53 bits per heavy atom. The third-order valence-corrected chi connectivity index (χ3v) is 2.88. The van der Waals surface area contributed by atoms with Gasteiger partial charge in [0.25, 0.3) is 0 Å². The standard InChI is InChI=1S/C11H22N2O2/c1-9(8-12)7-11(14)15-10-3-5-13(2)6-4-10/h9-10H,3-8,12H2,1-2H3. The molecule has 1 aliphatic rings. The Balaban J connectivity index is 2.20. The van der Waals surface area contributed by atoms with Crippen molar-refractivity contribution < 1.29 is 9.53 Å². The van der Waals surface area contributed by atoms with Crippen molar-refractivity contribution in [2.45, 2.75) is 32.3 Å². The molecule has 15 heavy (non-hydrogen) atoms. The highest BCUT2D eigenvalue weighted by molar-refractivity contribution is 5.69. The Morgan fingerprint density at radius 3 is 2.67 bits per heavy atom. The first-order valence-corrected chi connectivity index (χ1v) is 5.70. The molecule has 4 nitrogen and oxygen atoms in total. The topological polar surface area (TPSA) is 55.6 Å². The second kappa shape index (κ2) is 6.08. The molecule has 0 bridgehead atoms. The zero-order valence-electron chi connectivity index (χ0n) is 9.74. The summed E-state index contributed by atoms with van der Waals surface area (Å²) in [4.78, 5) is 13.7. The first kappa shape index (κ1) is 12.5. The molecule has 2 N–H and O–H groups in total. The predicted octanol–water partition coefficient (Wildman–Crippen LogP) is 0.609. The van der Waals surface area contributed by atoms with Crippen molar-refractivity contribution in [2.24, 2.45) is 11.7 Å². The summed E-state index contributed by atoms with van der Waals surface area (Å²) >= 11 is 0. The number of ether oxygens (including phenoxy) is 1. The van der Waals surface area contributed by atoms with E-state index in [1.54, 1.807) is 0 Å². The lowest BCUT2D eigenvalue weighted by Gasteiger charge is -2.28. The lowest BCUT2D eigenvalue weighted by Crippen LogP contribution is -2.35. The second-order valence-corrected chi connectivity index (χ2v) is 4.54. The van der Waals surface area contributed by atoms with Crippen LogP contribution in [0.3, 0.4) is 0 Å². The van der Waals surface area contributed by atoms with Gasteiger partial charge in [0.1, 0.15) is 6.10 Å². The third-order valence-electron chi connectivity index (χ3n) is 2.88. The molecule has 0 aliphatic carbocycles. The van der Waals surface area contributed by atoms with Crippen LogP contribution in [0.5, 0.6) is 0 Å². The van der Waals surface area contributed by atoms with Gasteiger partial charge in [0.15, 0.2) is 0 Å². The Labute approximate surface area is 91.8 Å². The van der Waals surface area contributed by atoms with Gasteiger partial charge in [-0.2, -0.15) is 0 Å². The number of rotatable bonds is 4. The van der Waals surface area contributed by atoms with E-state index in [2.05, 4.69) is 11.9 Å². The number of hydrogen-bond acceptors (Lipinski definition) is 4. The largest absolute Gasteiger partial charge is 0.462 e. The number of nitrogens with zero attached hydrogens (tertiary/aromatic N) is 1. The van der Waals surface area contributed by atoms with Crippen LogP contribution in [-0.2, 0) is 9.53 Å². The van der Waals surface area contributed by atoms with Crippen LogP contribution in [-0.4, -0.2) is 43.7 Å². The van der Waals surface area contributed by atoms with Gasteiger partial charge in [-0.3, -0.25) is 4.79 Å². The van der Waals surface area contributed by atoms with Crippen molar-refractivity contribution >= 4 is 5.97 Å². The monoisotopic (exact) mass is 214 g/mol. The van der Waals surface area contributed by atoms with Crippen molar-refractivity contribution in [3.8, 4) is 0 Å². The van der Waals surface area contributed by atoms with E-state index in [-0.39, 0.29) is 18.0 Å². The molecule has 0 saturated carbocycles. The molecule has 1 rings (SSSR count). The van der Waals surface area contributed by atoms with E-state index >= 15 is 0 Å². The first-order chi connectivity index (χ1) is 7.11. The van der Waals surface area contributed by atoms with Crippen LogP contribution in [0.25, 0.3) is 0 Å². The number of carbonyl (C=O) groups excluding carboxylic acids is 1. The Kier molecular flexibility index (Phi) is 5.05. The fraction of sp³-hybridized carbons (Fsp3) is 0.909. The number of piperidine rings is 1. The lowest BCUT2D eigenvalue weighted by molar-refractivity contribution is -0.152. The number of esters is 1. The summed E-state index contributed by atoms with van der Waals surface area (Å²) < 4.78 is 5.39. The van der Waals surface area contributed by atoms with E-state index in [0.717, 1.165) is 25.9 Å². The molecule has 88 valence electrons. The van der Waals surface area contributed by atoms with Gasteiger partial charge in [-0.15, -0.1) is 0 Å². The van der Waals surface area contributed by atoms with Gasteiger partial charge in [0.2, 0.25) is 0 Å². The second-order valence-electron chi connectivity index (χ2n) is 4.54. The van der Waals surface area contributed by atoms with E-state index < -0.39 is 0 Å². The van der Waals surface area contributed by atoms with Crippen LogP contribution < -0.4 is 5.73 Å². The highest BCUT2D eigenvalue weighted by Crippen LogP contribution is 2.13. The zero-order chi connectivity index (χ0) is 11.3. The minimum Gasteiger partial charge on any atom is -0.462 e. The highest BCUT2D eigenvalue weighted by atomic mass is 16.5. The van der Waals surface area contributed by atoms with Gasteiger partial charge < -0.3 is 15.4 Å². The van der Waals surface area contributed by atoms with Crippen molar-refractivity contribution in [1.82, 2.24) is 4.90 Å². The molecule has 1 aliphatic heterocycles. The Morgan fingerprint density at radius 2 is 2.13 bits per heavy atom. The molecule has 0 aromatic heterocycles. The fourth-order valence-electron chi connectivity index (χ4n) is 1.70. The Hall–Kier alpha value is -0.610. The minimum atomic E-state index is -0.0949. The predicted molar refractivity (Wildman–Crippen MR) is 59.4 cm³/mol. The van der Waals surface area contributed by atoms with Crippen LogP contribution in [0.4, 0.5) is 0 Å². The average molecular weight is 214 g/mol. The van der Waals surface area contributed by atoms with Crippen LogP contribution in [0, 0.1) is 5.92 Å². The number of likely N-dealkylation sites (tertiary alicyclic amines) is 1. The summed E-state index contributed by atoms with van der Waals surface area (Å²) in [7, 11) is 2.09. The van der Waals surface area contributed by atoms with Gasteiger partial charge in [0.05, 0.1) is 0 Å². The normalized spacial score (nSPS) is 21.3. The molecule has 1 unspecified atom stereocenters. The van der Waals surface area contributed by atoms with Crippen LogP contribution in [0.1, 0.15) is 26.2 Å². The van der Waals surface area contributed by atoms with Gasteiger partial charge in [-0.25, -0.2) is 0 Å². The van der Waals surface area contributed by atoms with Gasteiger partial charge in [-0.05, 0) is 32.4 Å². The van der Waals surface area contributed by atoms with E-state index in [1.165, 1.54) is 0 Å². The van der Waals surface area contributed by atoms with Crippen molar-refractivity contribution in [1.29, 1.82) is 0 Å². The maximum Gasteiger partial charge on any atom is 0.306 e. The van der Waals surface area contributed by atoms with E-state index in [1.807, 2.05) is 6.92 Å². The molecule has 0 aromatic rings. The molecule has 1 saturated heterocycles. The highest BCUT2D eigenvalue weighted by Gasteiger charge is 2.20. The van der Waals surface area contributed by atoms with Gasteiger partial charge in [0, 0.05) is 19.5 Å². The summed E-state index contributed by atoms with van der Waals surface area (Å²) in [5.41, 5.74) is 5.46. The molecule has 0 radical (unpaired) electrons. The summed E-state index contributed by atoms with van der Waals surface area (Å²) in [5, 5.41) is 0. The van der Waals surface area contributed by atoms with Gasteiger partial charge >= 0.3 is 5.97 Å². The SMILES string of the molecule is CC(CN)CC(=O)OC1CCN(C)CC1. The molecule has 0 spiro atoms.